The molecule has 0 amide bonds. The number of carbonyl (C=O) groups is 3. The van der Waals surface area contributed by atoms with Crippen molar-refractivity contribution in [3.05, 3.63) is 85.1 Å². The fourth-order valence-corrected chi connectivity index (χ4v) is 7.44. The predicted octanol–water partition coefficient (Wildman–Crippen LogP) is 18.4. The van der Waals surface area contributed by atoms with Gasteiger partial charge in [-0.3, -0.25) is 14.4 Å². The highest BCUT2D eigenvalue weighted by atomic mass is 16.6. The Balaban J connectivity index is 4.43. The van der Waals surface area contributed by atoms with Crippen molar-refractivity contribution in [1.82, 2.24) is 0 Å². The van der Waals surface area contributed by atoms with Crippen LogP contribution in [0, 0.1) is 0 Å². The normalized spacial score (nSPS) is 12.7. The summed E-state index contributed by atoms with van der Waals surface area (Å²) in [4.78, 5) is 38.0. The average molecular weight is 919 g/mol. The van der Waals surface area contributed by atoms with Crippen LogP contribution in [-0.2, 0) is 28.6 Å². The lowest BCUT2D eigenvalue weighted by Crippen LogP contribution is -2.30. The molecule has 1 atom stereocenters. The van der Waals surface area contributed by atoms with Gasteiger partial charge >= 0.3 is 17.9 Å². The molecule has 0 aromatic rings. The van der Waals surface area contributed by atoms with Gasteiger partial charge in [-0.15, -0.1) is 0 Å². The molecule has 0 aliphatic carbocycles. The highest BCUT2D eigenvalue weighted by Crippen LogP contribution is 2.14. The van der Waals surface area contributed by atoms with Gasteiger partial charge in [0, 0.05) is 19.3 Å². The van der Waals surface area contributed by atoms with Crippen molar-refractivity contribution >= 4 is 17.9 Å². The molecule has 1 unspecified atom stereocenters. The van der Waals surface area contributed by atoms with Gasteiger partial charge in [0.05, 0.1) is 0 Å². The van der Waals surface area contributed by atoms with E-state index >= 15 is 0 Å². The van der Waals surface area contributed by atoms with E-state index < -0.39 is 6.10 Å². The molecule has 0 aromatic carbocycles. The summed E-state index contributed by atoms with van der Waals surface area (Å²) in [6, 6.07) is 0. The first kappa shape index (κ1) is 62.6. The maximum atomic E-state index is 12.8. The van der Waals surface area contributed by atoms with E-state index in [-0.39, 0.29) is 31.1 Å². The van der Waals surface area contributed by atoms with Gasteiger partial charge in [0.2, 0.25) is 0 Å². The van der Waals surface area contributed by atoms with Crippen LogP contribution in [0.3, 0.4) is 0 Å². The Hall–Kier alpha value is -3.41. The van der Waals surface area contributed by atoms with Crippen molar-refractivity contribution in [1.29, 1.82) is 0 Å². The third-order valence-corrected chi connectivity index (χ3v) is 11.6. The van der Waals surface area contributed by atoms with Gasteiger partial charge in [-0.05, 0) is 109 Å². The van der Waals surface area contributed by atoms with E-state index in [2.05, 4.69) is 106 Å². The Bertz CT molecular complexity index is 1290. The standard InChI is InChI=1S/C60H102O6/c1-4-7-10-13-16-19-22-24-26-28-30-32-33-35-38-41-44-47-50-53-59(62)65-56-57(55-64-58(61)52-49-46-43-40-37-21-18-15-12-9-6-3)66-60(63)54-51-48-45-42-39-36-34-31-29-27-25-23-20-17-14-11-8-5-2/h7,10,15-16,18-19,24,26,30-32,34-35,38,57H,4-6,8-9,11-14,17,20-23,25,27-29,33,36-37,39-56H2,1-3H3/b10-7-,18-15-,19-16-,26-24-,32-30-,34-31-,38-35-. The number of hydrogen-bond acceptors (Lipinski definition) is 6. The minimum absolute atomic E-state index is 0.0951. The minimum atomic E-state index is -0.798. The van der Waals surface area contributed by atoms with Gasteiger partial charge in [-0.2, -0.15) is 0 Å². The molecule has 0 rings (SSSR count). The lowest BCUT2D eigenvalue weighted by molar-refractivity contribution is -0.167. The van der Waals surface area contributed by atoms with E-state index in [1.165, 1.54) is 96.3 Å². The number of ether oxygens (including phenoxy) is 3. The first-order chi connectivity index (χ1) is 32.5. The van der Waals surface area contributed by atoms with Crippen LogP contribution in [-0.4, -0.2) is 37.2 Å². The number of allylic oxidation sites excluding steroid dienone is 14. The van der Waals surface area contributed by atoms with E-state index in [0.29, 0.717) is 19.3 Å². The molecule has 378 valence electrons. The predicted molar refractivity (Wildman–Crippen MR) is 284 cm³/mol. The molecule has 0 saturated heterocycles. The lowest BCUT2D eigenvalue weighted by atomic mass is 10.1. The molecule has 0 N–H and O–H groups in total. The molecule has 0 bridgehead atoms. The Morgan fingerprint density at radius 3 is 1.00 bits per heavy atom. The molecule has 0 saturated carbocycles. The molecule has 66 heavy (non-hydrogen) atoms. The van der Waals surface area contributed by atoms with Crippen LogP contribution in [0.2, 0.25) is 0 Å². The van der Waals surface area contributed by atoms with Crippen molar-refractivity contribution in [2.45, 2.75) is 264 Å². The van der Waals surface area contributed by atoms with E-state index in [9.17, 15) is 14.4 Å². The molecule has 0 radical (unpaired) electrons. The Morgan fingerprint density at radius 2 is 0.606 bits per heavy atom. The van der Waals surface area contributed by atoms with E-state index in [1.807, 2.05) is 0 Å². The third-order valence-electron chi connectivity index (χ3n) is 11.6. The van der Waals surface area contributed by atoms with E-state index in [1.54, 1.807) is 0 Å². The van der Waals surface area contributed by atoms with Crippen molar-refractivity contribution in [2.75, 3.05) is 13.2 Å². The summed E-state index contributed by atoms with van der Waals surface area (Å²) in [5, 5.41) is 0. The Kier molecular flexibility index (Phi) is 51.4. The molecule has 0 heterocycles. The van der Waals surface area contributed by atoms with Crippen molar-refractivity contribution in [3.63, 3.8) is 0 Å². The lowest BCUT2D eigenvalue weighted by Gasteiger charge is -2.18. The topological polar surface area (TPSA) is 78.9 Å². The summed E-state index contributed by atoms with van der Waals surface area (Å²) in [6.45, 7) is 6.45. The van der Waals surface area contributed by atoms with Crippen LogP contribution in [0.1, 0.15) is 258 Å². The first-order valence-electron chi connectivity index (χ1n) is 27.6. The summed E-state index contributed by atoms with van der Waals surface area (Å²) in [5.41, 5.74) is 0. The molecule has 0 aliphatic rings. The van der Waals surface area contributed by atoms with Crippen LogP contribution in [0.25, 0.3) is 0 Å². The van der Waals surface area contributed by atoms with Crippen LogP contribution in [0.5, 0.6) is 0 Å². The fourth-order valence-electron chi connectivity index (χ4n) is 7.44. The Labute approximate surface area is 407 Å². The highest BCUT2D eigenvalue weighted by Gasteiger charge is 2.19. The molecule has 6 heteroatoms. The fraction of sp³-hybridized carbons (Fsp3) is 0.717. The largest absolute Gasteiger partial charge is 0.462 e. The monoisotopic (exact) mass is 919 g/mol. The zero-order valence-corrected chi connectivity index (χ0v) is 43.2. The maximum Gasteiger partial charge on any atom is 0.306 e. The smallest absolute Gasteiger partial charge is 0.306 e. The summed E-state index contributed by atoms with van der Waals surface area (Å²) < 4.78 is 16.8. The van der Waals surface area contributed by atoms with Crippen LogP contribution in [0.15, 0.2) is 85.1 Å². The number of esters is 3. The van der Waals surface area contributed by atoms with E-state index in [0.717, 1.165) is 122 Å². The second kappa shape index (κ2) is 54.2. The number of hydrogen-bond donors (Lipinski definition) is 0. The van der Waals surface area contributed by atoms with Crippen molar-refractivity contribution < 1.29 is 28.6 Å². The number of rotatable bonds is 49. The Morgan fingerprint density at radius 1 is 0.318 bits per heavy atom. The third kappa shape index (κ3) is 51.6. The summed E-state index contributed by atoms with van der Waals surface area (Å²) in [6.07, 6.45) is 70.0. The van der Waals surface area contributed by atoms with Crippen LogP contribution >= 0.6 is 0 Å². The van der Waals surface area contributed by atoms with Gasteiger partial charge in [-0.1, -0.05) is 215 Å². The molecular formula is C60H102O6. The van der Waals surface area contributed by atoms with Crippen LogP contribution in [0.4, 0.5) is 0 Å². The second-order valence-corrected chi connectivity index (χ2v) is 18.1. The molecule has 0 spiro atoms. The zero-order valence-electron chi connectivity index (χ0n) is 43.2. The van der Waals surface area contributed by atoms with Crippen LogP contribution < -0.4 is 0 Å². The summed E-state index contributed by atoms with van der Waals surface area (Å²) >= 11 is 0. The van der Waals surface area contributed by atoms with Crippen molar-refractivity contribution in [3.8, 4) is 0 Å². The van der Waals surface area contributed by atoms with Gasteiger partial charge in [0.1, 0.15) is 13.2 Å². The summed E-state index contributed by atoms with van der Waals surface area (Å²) in [5.74, 6) is -0.944. The quantitative estimate of drug-likeness (QED) is 0.0262. The second-order valence-electron chi connectivity index (χ2n) is 18.1. The molecular weight excluding hydrogens is 817 g/mol. The molecule has 6 nitrogen and oxygen atoms in total. The van der Waals surface area contributed by atoms with Gasteiger partial charge in [-0.25, -0.2) is 0 Å². The zero-order chi connectivity index (χ0) is 47.9. The average Bonchev–Trinajstić information content (AvgIpc) is 3.31. The molecule has 0 aromatic heterocycles. The SMILES string of the molecule is CC/C=C\C/C=C\C/C=C\C/C=C\C/C=C\CCCCCC(=O)OCC(COC(=O)CCCCCCC/C=C\CCCC)OC(=O)CCCCCCC/C=C\CCCCCCCCCCC. The van der Waals surface area contributed by atoms with E-state index in [4.69, 9.17) is 14.2 Å². The number of unbranched alkanes of at least 4 members (excludes halogenated alkanes) is 24. The number of carbonyl (C=O) groups excluding carboxylic acids is 3. The van der Waals surface area contributed by atoms with Gasteiger partial charge in [0.15, 0.2) is 6.10 Å². The maximum absolute atomic E-state index is 12.8. The van der Waals surface area contributed by atoms with Crippen molar-refractivity contribution in [2.24, 2.45) is 0 Å². The highest BCUT2D eigenvalue weighted by molar-refractivity contribution is 5.71. The minimum Gasteiger partial charge on any atom is -0.462 e. The summed E-state index contributed by atoms with van der Waals surface area (Å²) in [7, 11) is 0. The van der Waals surface area contributed by atoms with Gasteiger partial charge < -0.3 is 14.2 Å². The molecule has 0 aliphatic heterocycles. The van der Waals surface area contributed by atoms with Gasteiger partial charge in [0.25, 0.3) is 0 Å². The first-order valence-corrected chi connectivity index (χ1v) is 27.6. The molecule has 0 fully saturated rings.